The van der Waals surface area contributed by atoms with E-state index in [2.05, 4.69) is 45.5 Å². The number of rotatable bonds is 9. The molecule has 0 aliphatic carbocycles. The van der Waals surface area contributed by atoms with Gasteiger partial charge in [0, 0.05) is 33.2 Å². The van der Waals surface area contributed by atoms with E-state index in [-0.39, 0.29) is 0 Å². The summed E-state index contributed by atoms with van der Waals surface area (Å²) in [6.45, 7) is 9.09. The first-order valence-electron chi connectivity index (χ1n) is 9.64. The van der Waals surface area contributed by atoms with E-state index in [1.54, 1.807) is 0 Å². The first-order chi connectivity index (χ1) is 12.6. The van der Waals surface area contributed by atoms with Crippen molar-refractivity contribution in [2.24, 2.45) is 12.0 Å². The van der Waals surface area contributed by atoms with Gasteiger partial charge >= 0.3 is 0 Å². The molecule has 0 radical (unpaired) electrons. The maximum atomic E-state index is 4.84. The topological polar surface area (TPSA) is 61.6 Å². The van der Waals surface area contributed by atoms with Crippen LogP contribution in [0.3, 0.4) is 0 Å². The first kappa shape index (κ1) is 21.0. The molecule has 8 heteroatoms. The van der Waals surface area contributed by atoms with Crippen LogP contribution in [0, 0.1) is 6.92 Å². The molecule has 7 nitrogen and oxygen atoms in total. The lowest BCUT2D eigenvalue weighted by molar-refractivity contribution is 0.232. The molecule has 0 aromatic carbocycles. The number of thioether (sulfide) groups is 1. The highest BCUT2D eigenvalue weighted by molar-refractivity contribution is 7.98. The van der Waals surface area contributed by atoms with Crippen molar-refractivity contribution in [3.05, 3.63) is 11.6 Å². The number of aliphatic imine (C=N–C) groups is 1. The highest BCUT2D eigenvalue weighted by Gasteiger charge is 2.25. The number of likely N-dealkylation sites (N-methyl/N-ethyl adjacent to an activating group) is 2. The fourth-order valence-corrected chi connectivity index (χ4v) is 3.82. The minimum Gasteiger partial charge on any atom is -0.356 e. The van der Waals surface area contributed by atoms with Crippen LogP contribution in [0.25, 0.3) is 0 Å². The molecule has 1 fully saturated rings. The van der Waals surface area contributed by atoms with E-state index in [4.69, 9.17) is 4.99 Å². The molecule has 1 saturated heterocycles. The second kappa shape index (κ2) is 10.8. The second-order valence-corrected chi connectivity index (χ2v) is 7.93. The molecule has 0 amide bonds. The summed E-state index contributed by atoms with van der Waals surface area (Å²) in [5.41, 5.74) is 0. The van der Waals surface area contributed by atoms with Crippen LogP contribution in [0.4, 0.5) is 0 Å². The summed E-state index contributed by atoms with van der Waals surface area (Å²) in [4.78, 5) is 9.70. The molecule has 1 N–H and O–H groups in total. The van der Waals surface area contributed by atoms with Crippen LogP contribution in [-0.2, 0) is 13.6 Å². The Morgan fingerprint density at radius 2 is 2.23 bits per heavy atom. The van der Waals surface area contributed by atoms with Crippen molar-refractivity contribution in [1.82, 2.24) is 29.9 Å². The van der Waals surface area contributed by atoms with Gasteiger partial charge in [0.1, 0.15) is 12.4 Å². The Hall–Kier alpha value is -1.28. The van der Waals surface area contributed by atoms with Crippen molar-refractivity contribution >= 4 is 17.7 Å². The van der Waals surface area contributed by atoms with Crippen molar-refractivity contribution < 1.29 is 0 Å². The predicted octanol–water partition coefficient (Wildman–Crippen LogP) is 1.74. The maximum Gasteiger partial charge on any atom is 0.194 e. The number of hydrogen-bond acceptors (Lipinski definition) is 5. The first-order valence-corrected chi connectivity index (χ1v) is 11.0. The van der Waals surface area contributed by atoms with Crippen LogP contribution in [0.15, 0.2) is 4.99 Å². The Bertz CT molecular complexity index is 572. The van der Waals surface area contributed by atoms with E-state index in [0.717, 1.165) is 43.7 Å². The summed E-state index contributed by atoms with van der Waals surface area (Å²) in [7, 11) is 4.14. The standard InChI is InChI=1S/C18H35N7S/c1-6-25-11-7-9-16(25)14-23(3)18(19-10-8-12-26-5)20-13-17-22-21-15(2)24(17)4/h16H,6-14H2,1-5H3,(H,19,20). The molecule has 0 bridgehead atoms. The van der Waals surface area contributed by atoms with Gasteiger partial charge in [-0.25, -0.2) is 4.99 Å². The lowest BCUT2D eigenvalue weighted by atomic mass is 10.2. The van der Waals surface area contributed by atoms with E-state index < -0.39 is 0 Å². The van der Waals surface area contributed by atoms with Gasteiger partial charge in [0.25, 0.3) is 0 Å². The van der Waals surface area contributed by atoms with E-state index >= 15 is 0 Å². The van der Waals surface area contributed by atoms with Crippen molar-refractivity contribution in [3.63, 3.8) is 0 Å². The SMILES string of the molecule is CCN1CCCC1CN(C)C(=NCc1nnc(C)n1C)NCCCSC. The zero-order chi connectivity index (χ0) is 18.9. The molecule has 1 aromatic heterocycles. The number of hydrogen-bond donors (Lipinski definition) is 1. The Morgan fingerprint density at radius 3 is 2.88 bits per heavy atom. The smallest absolute Gasteiger partial charge is 0.194 e. The number of guanidine groups is 1. The minimum atomic E-state index is 0.550. The monoisotopic (exact) mass is 381 g/mol. The quantitative estimate of drug-likeness (QED) is 0.399. The van der Waals surface area contributed by atoms with Crippen molar-refractivity contribution in [2.75, 3.05) is 45.2 Å². The fourth-order valence-electron chi connectivity index (χ4n) is 3.38. The van der Waals surface area contributed by atoms with Crippen LogP contribution < -0.4 is 5.32 Å². The summed E-state index contributed by atoms with van der Waals surface area (Å²) in [6, 6.07) is 0.625. The van der Waals surface area contributed by atoms with Crippen molar-refractivity contribution in [2.45, 2.75) is 45.7 Å². The highest BCUT2D eigenvalue weighted by Crippen LogP contribution is 2.17. The molecule has 0 spiro atoms. The lowest BCUT2D eigenvalue weighted by Crippen LogP contribution is -2.46. The zero-order valence-corrected chi connectivity index (χ0v) is 17.8. The van der Waals surface area contributed by atoms with Gasteiger partial charge in [-0.05, 0) is 51.3 Å². The molecule has 1 unspecified atom stereocenters. The summed E-state index contributed by atoms with van der Waals surface area (Å²) in [5, 5.41) is 11.9. The van der Waals surface area contributed by atoms with Gasteiger partial charge in [-0.3, -0.25) is 4.90 Å². The number of aryl methyl sites for hydroxylation is 1. The molecule has 148 valence electrons. The van der Waals surface area contributed by atoms with Crippen molar-refractivity contribution in [1.29, 1.82) is 0 Å². The number of likely N-dealkylation sites (tertiary alicyclic amines) is 1. The van der Waals surface area contributed by atoms with Crippen LogP contribution >= 0.6 is 11.8 Å². The predicted molar refractivity (Wildman–Crippen MR) is 111 cm³/mol. The van der Waals surface area contributed by atoms with Crippen LogP contribution in [0.1, 0.15) is 37.8 Å². The fraction of sp³-hybridized carbons (Fsp3) is 0.833. The van der Waals surface area contributed by atoms with Gasteiger partial charge in [0.2, 0.25) is 0 Å². The number of nitrogens with one attached hydrogen (secondary N) is 1. The third-order valence-corrected chi connectivity index (χ3v) is 5.81. The van der Waals surface area contributed by atoms with E-state index in [0.29, 0.717) is 12.6 Å². The lowest BCUT2D eigenvalue weighted by Gasteiger charge is -2.30. The van der Waals surface area contributed by atoms with Crippen molar-refractivity contribution in [3.8, 4) is 0 Å². The van der Waals surface area contributed by atoms with Gasteiger partial charge in [0.15, 0.2) is 11.8 Å². The highest BCUT2D eigenvalue weighted by atomic mass is 32.2. The van der Waals surface area contributed by atoms with Crippen LogP contribution in [0.2, 0.25) is 0 Å². The Balaban J connectivity index is 2.01. The van der Waals surface area contributed by atoms with E-state index in [1.807, 2.05) is 30.3 Å². The van der Waals surface area contributed by atoms with Gasteiger partial charge in [-0.1, -0.05) is 6.92 Å². The maximum absolute atomic E-state index is 4.84. The Morgan fingerprint density at radius 1 is 1.42 bits per heavy atom. The Kier molecular flexibility index (Phi) is 8.71. The molecule has 2 rings (SSSR count). The minimum absolute atomic E-state index is 0.550. The third kappa shape index (κ3) is 5.87. The van der Waals surface area contributed by atoms with Gasteiger partial charge in [0.05, 0.1) is 0 Å². The molecular formula is C18H35N7S. The second-order valence-electron chi connectivity index (χ2n) is 6.94. The zero-order valence-electron chi connectivity index (χ0n) is 17.0. The van der Waals surface area contributed by atoms with Crippen LogP contribution in [-0.4, -0.2) is 81.8 Å². The molecular weight excluding hydrogens is 346 g/mol. The molecule has 1 aliphatic rings. The molecule has 1 aromatic rings. The Labute approximate surface area is 162 Å². The third-order valence-electron chi connectivity index (χ3n) is 5.11. The van der Waals surface area contributed by atoms with Crippen LogP contribution in [0.5, 0.6) is 0 Å². The molecule has 1 aliphatic heterocycles. The summed E-state index contributed by atoms with van der Waals surface area (Å²) >= 11 is 1.88. The van der Waals surface area contributed by atoms with E-state index in [1.165, 1.54) is 25.1 Å². The molecule has 1 atom stereocenters. The molecule has 26 heavy (non-hydrogen) atoms. The van der Waals surface area contributed by atoms with Gasteiger partial charge in [-0.15, -0.1) is 10.2 Å². The number of aromatic nitrogens is 3. The number of nitrogens with zero attached hydrogens (tertiary/aromatic N) is 6. The average molecular weight is 382 g/mol. The normalized spacial score (nSPS) is 18.5. The largest absolute Gasteiger partial charge is 0.356 e. The molecule has 0 saturated carbocycles. The van der Waals surface area contributed by atoms with E-state index in [9.17, 15) is 0 Å². The summed E-state index contributed by atoms with van der Waals surface area (Å²) in [5.74, 6) is 3.95. The van der Waals surface area contributed by atoms with Gasteiger partial charge in [-0.2, -0.15) is 11.8 Å². The summed E-state index contributed by atoms with van der Waals surface area (Å²) in [6.07, 6.45) is 5.87. The molecule has 2 heterocycles. The average Bonchev–Trinajstić information content (AvgIpc) is 3.21. The van der Waals surface area contributed by atoms with Gasteiger partial charge < -0.3 is 14.8 Å². The summed E-state index contributed by atoms with van der Waals surface area (Å²) < 4.78 is 2.00.